The summed E-state index contributed by atoms with van der Waals surface area (Å²) in [6.45, 7) is 2.53. The van der Waals surface area contributed by atoms with Crippen LogP contribution in [-0.2, 0) is 11.4 Å². The first-order valence-electron chi connectivity index (χ1n) is 9.17. The molecule has 5 heteroatoms. The Labute approximate surface area is 159 Å². The molecule has 1 aliphatic rings. The molecule has 26 heavy (non-hydrogen) atoms. The zero-order valence-electron chi connectivity index (χ0n) is 14.8. The van der Waals surface area contributed by atoms with Crippen LogP contribution in [0.25, 0.3) is 0 Å². The Morgan fingerprint density at radius 1 is 1.15 bits per heavy atom. The molecule has 3 rings (SSSR count). The SMILES string of the molecule is O=C(CCC1CCNCC1)Nc1ccccc1OCc1cccc(Cl)c1. The Bertz CT molecular complexity index is 729. The molecule has 0 unspecified atom stereocenters. The third-order valence-corrected chi connectivity index (χ3v) is 4.92. The predicted octanol–water partition coefficient (Wildman–Crippen LogP) is 4.64. The van der Waals surface area contributed by atoms with Gasteiger partial charge in [0, 0.05) is 11.4 Å². The Balaban J connectivity index is 1.53. The molecule has 2 N–H and O–H groups in total. The molecule has 0 radical (unpaired) electrons. The molecule has 0 aromatic heterocycles. The molecule has 2 aromatic carbocycles. The van der Waals surface area contributed by atoms with Crippen LogP contribution >= 0.6 is 11.6 Å². The highest BCUT2D eigenvalue weighted by atomic mass is 35.5. The third kappa shape index (κ3) is 5.75. The summed E-state index contributed by atoms with van der Waals surface area (Å²) in [6, 6.07) is 15.1. The summed E-state index contributed by atoms with van der Waals surface area (Å²) in [7, 11) is 0. The Hall–Kier alpha value is -2.04. The molecule has 1 amide bonds. The quantitative estimate of drug-likeness (QED) is 0.744. The highest BCUT2D eigenvalue weighted by molar-refractivity contribution is 6.30. The van der Waals surface area contributed by atoms with Crippen LogP contribution in [-0.4, -0.2) is 19.0 Å². The van der Waals surface area contributed by atoms with Crippen LogP contribution in [0.4, 0.5) is 5.69 Å². The number of hydrogen-bond acceptors (Lipinski definition) is 3. The number of carbonyl (C=O) groups is 1. The monoisotopic (exact) mass is 372 g/mol. The number of anilines is 1. The van der Waals surface area contributed by atoms with Gasteiger partial charge < -0.3 is 15.4 Å². The molecule has 1 heterocycles. The van der Waals surface area contributed by atoms with Gasteiger partial charge in [-0.15, -0.1) is 0 Å². The van der Waals surface area contributed by atoms with E-state index in [1.165, 1.54) is 0 Å². The maximum atomic E-state index is 12.3. The second-order valence-corrected chi connectivity index (χ2v) is 7.13. The number of ether oxygens (including phenoxy) is 1. The molecule has 0 spiro atoms. The van der Waals surface area contributed by atoms with Crippen molar-refractivity contribution >= 4 is 23.2 Å². The van der Waals surface area contributed by atoms with Crippen molar-refractivity contribution in [1.29, 1.82) is 0 Å². The van der Waals surface area contributed by atoms with Gasteiger partial charge in [-0.2, -0.15) is 0 Å². The number of carbonyl (C=O) groups excluding carboxylic acids is 1. The number of halogens is 1. The number of benzene rings is 2. The fourth-order valence-corrected chi connectivity index (χ4v) is 3.41. The minimum atomic E-state index is 0.0438. The van der Waals surface area contributed by atoms with Gasteiger partial charge in [0.05, 0.1) is 5.69 Å². The van der Waals surface area contributed by atoms with Gasteiger partial charge in [-0.25, -0.2) is 0 Å². The van der Waals surface area contributed by atoms with E-state index < -0.39 is 0 Å². The largest absolute Gasteiger partial charge is 0.487 e. The normalized spacial score (nSPS) is 14.8. The predicted molar refractivity (Wildman–Crippen MR) is 106 cm³/mol. The zero-order valence-corrected chi connectivity index (χ0v) is 15.6. The Kier molecular flexibility index (Phi) is 6.92. The number of amides is 1. The topological polar surface area (TPSA) is 50.4 Å². The molecule has 0 aliphatic carbocycles. The Morgan fingerprint density at radius 3 is 2.77 bits per heavy atom. The van der Waals surface area contributed by atoms with Crippen LogP contribution in [0.2, 0.25) is 5.02 Å². The van der Waals surface area contributed by atoms with Crippen molar-refractivity contribution in [2.24, 2.45) is 5.92 Å². The summed E-state index contributed by atoms with van der Waals surface area (Å²) in [5.74, 6) is 1.36. The van der Waals surface area contributed by atoms with E-state index >= 15 is 0 Å². The molecule has 0 bridgehead atoms. The summed E-state index contributed by atoms with van der Waals surface area (Å²) >= 11 is 6.01. The number of para-hydroxylation sites is 2. The second kappa shape index (κ2) is 9.60. The van der Waals surface area contributed by atoms with E-state index in [9.17, 15) is 4.79 Å². The third-order valence-electron chi connectivity index (χ3n) is 4.68. The second-order valence-electron chi connectivity index (χ2n) is 6.69. The van der Waals surface area contributed by atoms with Gasteiger partial charge in [-0.3, -0.25) is 4.79 Å². The Morgan fingerprint density at radius 2 is 1.96 bits per heavy atom. The van der Waals surface area contributed by atoms with Gasteiger partial charge in [0.15, 0.2) is 0 Å². The van der Waals surface area contributed by atoms with Crippen molar-refractivity contribution in [2.45, 2.75) is 32.3 Å². The summed E-state index contributed by atoms with van der Waals surface area (Å²) in [5.41, 5.74) is 1.70. The van der Waals surface area contributed by atoms with E-state index in [1.807, 2.05) is 48.5 Å². The number of piperidine rings is 1. The van der Waals surface area contributed by atoms with Crippen molar-refractivity contribution in [1.82, 2.24) is 5.32 Å². The minimum Gasteiger partial charge on any atom is -0.487 e. The fraction of sp³-hybridized carbons (Fsp3) is 0.381. The summed E-state index contributed by atoms with van der Waals surface area (Å²) in [5, 5.41) is 7.03. The number of rotatable bonds is 7. The number of hydrogen-bond donors (Lipinski definition) is 2. The molecule has 1 saturated heterocycles. The van der Waals surface area contributed by atoms with Crippen LogP contribution in [0.5, 0.6) is 5.75 Å². The van der Waals surface area contributed by atoms with E-state index in [1.54, 1.807) is 0 Å². The molecular formula is C21H25ClN2O2. The van der Waals surface area contributed by atoms with Gasteiger partial charge in [0.2, 0.25) is 5.91 Å². The lowest BCUT2D eigenvalue weighted by Gasteiger charge is -2.22. The van der Waals surface area contributed by atoms with Crippen LogP contribution in [0, 0.1) is 5.92 Å². The van der Waals surface area contributed by atoms with E-state index in [0.29, 0.717) is 35.4 Å². The van der Waals surface area contributed by atoms with Crippen LogP contribution in [0.3, 0.4) is 0 Å². The molecule has 0 saturated carbocycles. The van der Waals surface area contributed by atoms with E-state index in [-0.39, 0.29) is 5.91 Å². The number of nitrogens with one attached hydrogen (secondary N) is 2. The minimum absolute atomic E-state index is 0.0438. The van der Waals surface area contributed by atoms with Crippen molar-refractivity contribution < 1.29 is 9.53 Å². The fourth-order valence-electron chi connectivity index (χ4n) is 3.20. The average Bonchev–Trinajstić information content (AvgIpc) is 2.67. The van der Waals surface area contributed by atoms with Crippen LogP contribution < -0.4 is 15.4 Å². The lowest BCUT2D eigenvalue weighted by molar-refractivity contribution is -0.116. The first-order chi connectivity index (χ1) is 12.7. The van der Waals surface area contributed by atoms with Gasteiger partial charge >= 0.3 is 0 Å². The van der Waals surface area contributed by atoms with Crippen molar-refractivity contribution in [3.63, 3.8) is 0 Å². The smallest absolute Gasteiger partial charge is 0.224 e. The maximum Gasteiger partial charge on any atom is 0.224 e. The standard InChI is InChI=1S/C21H25ClN2O2/c22-18-5-3-4-17(14-18)15-26-20-7-2-1-6-19(20)24-21(25)9-8-16-10-12-23-13-11-16/h1-7,14,16,23H,8-13,15H2,(H,24,25). The molecular weight excluding hydrogens is 348 g/mol. The first kappa shape index (κ1) is 18.7. The molecule has 4 nitrogen and oxygen atoms in total. The van der Waals surface area contributed by atoms with Crippen molar-refractivity contribution in [3.8, 4) is 5.75 Å². The van der Waals surface area contributed by atoms with E-state index in [0.717, 1.165) is 37.9 Å². The molecule has 1 aliphatic heterocycles. The lowest BCUT2D eigenvalue weighted by Crippen LogP contribution is -2.28. The van der Waals surface area contributed by atoms with Crippen molar-refractivity contribution in [2.75, 3.05) is 18.4 Å². The maximum absolute atomic E-state index is 12.3. The van der Waals surface area contributed by atoms with Crippen molar-refractivity contribution in [3.05, 3.63) is 59.1 Å². The van der Waals surface area contributed by atoms with Gasteiger partial charge in [0.25, 0.3) is 0 Å². The highest BCUT2D eigenvalue weighted by Crippen LogP contribution is 2.26. The first-order valence-corrected chi connectivity index (χ1v) is 9.55. The summed E-state index contributed by atoms with van der Waals surface area (Å²) < 4.78 is 5.89. The summed E-state index contributed by atoms with van der Waals surface area (Å²) in [6.07, 6.45) is 3.81. The molecule has 1 fully saturated rings. The van der Waals surface area contributed by atoms with Crippen LogP contribution in [0.1, 0.15) is 31.2 Å². The lowest BCUT2D eigenvalue weighted by atomic mass is 9.93. The summed E-state index contributed by atoms with van der Waals surface area (Å²) in [4.78, 5) is 12.3. The molecule has 2 aromatic rings. The zero-order chi connectivity index (χ0) is 18.2. The molecule has 138 valence electrons. The van der Waals surface area contributed by atoms with Gasteiger partial charge in [-0.1, -0.05) is 35.9 Å². The molecule has 0 atom stereocenters. The average molecular weight is 373 g/mol. The van der Waals surface area contributed by atoms with E-state index in [4.69, 9.17) is 16.3 Å². The van der Waals surface area contributed by atoms with Crippen LogP contribution in [0.15, 0.2) is 48.5 Å². The van der Waals surface area contributed by atoms with E-state index in [2.05, 4.69) is 10.6 Å². The van der Waals surface area contributed by atoms with Gasteiger partial charge in [0.1, 0.15) is 12.4 Å². The highest BCUT2D eigenvalue weighted by Gasteiger charge is 2.15. The van der Waals surface area contributed by atoms with Gasteiger partial charge in [-0.05, 0) is 68.1 Å².